The van der Waals surface area contributed by atoms with Gasteiger partial charge in [-0.15, -0.1) is 0 Å². The van der Waals surface area contributed by atoms with Gasteiger partial charge in [-0.1, -0.05) is 0 Å². The normalized spacial score (nSPS) is 60.2. The molecule has 0 aromatic rings. The second-order valence-electron chi connectivity index (χ2n) is 4.21. The SMILES string of the molecule is N[C@@H]1[C@H](O)[C@@H](O)[C@@H](O)[C@@]2(CO)C[C@@H]12. The second kappa shape index (κ2) is 2.65. The Morgan fingerprint density at radius 2 is 1.85 bits per heavy atom. The molecule has 6 N–H and O–H groups in total. The summed E-state index contributed by atoms with van der Waals surface area (Å²) in [5.41, 5.74) is 4.99. The molecule has 13 heavy (non-hydrogen) atoms. The van der Waals surface area contributed by atoms with E-state index in [1.165, 1.54) is 0 Å². The van der Waals surface area contributed by atoms with Gasteiger partial charge in [-0.05, 0) is 12.3 Å². The van der Waals surface area contributed by atoms with Crippen LogP contribution in [-0.2, 0) is 0 Å². The summed E-state index contributed by atoms with van der Waals surface area (Å²) < 4.78 is 0. The molecular formula is C8H15NO4. The van der Waals surface area contributed by atoms with Crippen LogP contribution in [0.4, 0.5) is 0 Å². The minimum atomic E-state index is -1.24. The quantitative estimate of drug-likeness (QED) is 0.311. The van der Waals surface area contributed by atoms with Crippen molar-refractivity contribution < 1.29 is 20.4 Å². The van der Waals surface area contributed by atoms with Gasteiger partial charge < -0.3 is 26.2 Å². The summed E-state index contributed by atoms with van der Waals surface area (Å²) in [4.78, 5) is 0. The van der Waals surface area contributed by atoms with Crippen LogP contribution in [0.25, 0.3) is 0 Å². The molecule has 0 aliphatic heterocycles. The summed E-state index contributed by atoms with van der Waals surface area (Å²) in [5, 5.41) is 37.5. The van der Waals surface area contributed by atoms with Gasteiger partial charge in [0.1, 0.15) is 6.10 Å². The van der Waals surface area contributed by atoms with Crippen molar-refractivity contribution in [2.45, 2.75) is 30.8 Å². The third-order valence-corrected chi connectivity index (χ3v) is 3.59. The van der Waals surface area contributed by atoms with E-state index in [1.807, 2.05) is 0 Å². The van der Waals surface area contributed by atoms with Gasteiger partial charge in [0.25, 0.3) is 0 Å². The van der Waals surface area contributed by atoms with Crippen molar-refractivity contribution in [1.82, 2.24) is 0 Å². The van der Waals surface area contributed by atoms with E-state index in [-0.39, 0.29) is 12.5 Å². The number of rotatable bonds is 1. The van der Waals surface area contributed by atoms with E-state index in [9.17, 15) is 15.3 Å². The highest BCUT2D eigenvalue weighted by Gasteiger charge is 2.67. The predicted molar refractivity (Wildman–Crippen MR) is 43.6 cm³/mol. The van der Waals surface area contributed by atoms with Crippen LogP contribution in [0.1, 0.15) is 6.42 Å². The Balaban J connectivity index is 2.22. The monoisotopic (exact) mass is 189 g/mol. The zero-order valence-corrected chi connectivity index (χ0v) is 7.17. The Kier molecular flexibility index (Phi) is 1.91. The van der Waals surface area contributed by atoms with Crippen LogP contribution in [-0.4, -0.2) is 51.4 Å². The van der Waals surface area contributed by atoms with Crippen LogP contribution in [0.5, 0.6) is 0 Å². The van der Waals surface area contributed by atoms with E-state index in [1.54, 1.807) is 0 Å². The molecule has 0 amide bonds. The molecule has 5 nitrogen and oxygen atoms in total. The zero-order chi connectivity index (χ0) is 9.80. The molecule has 5 heteroatoms. The Morgan fingerprint density at radius 1 is 1.23 bits per heavy atom. The first kappa shape index (κ1) is 9.36. The summed E-state index contributed by atoms with van der Waals surface area (Å²) in [6.07, 6.45) is -2.79. The minimum Gasteiger partial charge on any atom is -0.396 e. The molecule has 0 bridgehead atoms. The number of nitrogens with two attached hydrogens (primary N) is 1. The number of aliphatic hydroxyl groups is 4. The van der Waals surface area contributed by atoms with Gasteiger partial charge in [0, 0.05) is 11.5 Å². The Morgan fingerprint density at radius 3 is 2.38 bits per heavy atom. The average molecular weight is 189 g/mol. The maximum Gasteiger partial charge on any atom is 0.108 e. The number of fused-ring (bicyclic) bond motifs is 1. The molecule has 0 saturated heterocycles. The van der Waals surface area contributed by atoms with Crippen LogP contribution < -0.4 is 5.73 Å². The van der Waals surface area contributed by atoms with Gasteiger partial charge in [0.05, 0.1) is 18.8 Å². The molecule has 0 aromatic carbocycles. The highest BCUT2D eigenvalue weighted by atomic mass is 16.4. The zero-order valence-electron chi connectivity index (χ0n) is 7.17. The second-order valence-corrected chi connectivity index (χ2v) is 4.21. The molecule has 76 valence electrons. The van der Waals surface area contributed by atoms with Gasteiger partial charge in [-0.3, -0.25) is 0 Å². The first-order valence-corrected chi connectivity index (χ1v) is 4.45. The average Bonchev–Trinajstić information content (AvgIpc) is 2.87. The third kappa shape index (κ3) is 0.992. The van der Waals surface area contributed by atoms with Crippen LogP contribution in [0.2, 0.25) is 0 Å². The van der Waals surface area contributed by atoms with Crippen LogP contribution in [0, 0.1) is 11.3 Å². The molecule has 0 aromatic heterocycles. The van der Waals surface area contributed by atoms with Gasteiger partial charge in [-0.25, -0.2) is 0 Å². The summed E-state index contributed by atoms with van der Waals surface area (Å²) >= 11 is 0. The molecule has 6 atom stereocenters. The van der Waals surface area contributed by atoms with Gasteiger partial charge in [0.2, 0.25) is 0 Å². The van der Waals surface area contributed by atoms with Crippen molar-refractivity contribution in [2.24, 2.45) is 17.1 Å². The Hall–Kier alpha value is -0.200. The highest BCUT2D eigenvalue weighted by Crippen LogP contribution is 2.60. The number of aliphatic hydroxyl groups excluding tert-OH is 4. The van der Waals surface area contributed by atoms with Gasteiger partial charge in [-0.2, -0.15) is 0 Å². The Bertz CT molecular complexity index is 224. The molecular weight excluding hydrogens is 174 g/mol. The summed E-state index contributed by atoms with van der Waals surface area (Å²) in [5.74, 6) is -0.0640. The van der Waals surface area contributed by atoms with E-state index < -0.39 is 29.8 Å². The lowest BCUT2D eigenvalue weighted by Crippen LogP contribution is -2.58. The number of hydrogen-bond donors (Lipinski definition) is 5. The molecule has 2 rings (SSSR count). The summed E-state index contributed by atoms with van der Waals surface area (Å²) in [6, 6.07) is -0.537. The minimum absolute atomic E-state index is 0.0640. The van der Waals surface area contributed by atoms with E-state index in [0.29, 0.717) is 6.42 Å². The summed E-state index contributed by atoms with van der Waals surface area (Å²) in [7, 11) is 0. The lowest BCUT2D eigenvalue weighted by molar-refractivity contribution is -0.131. The fourth-order valence-corrected chi connectivity index (χ4v) is 2.48. The fraction of sp³-hybridized carbons (Fsp3) is 1.00. The van der Waals surface area contributed by atoms with Crippen molar-refractivity contribution in [3.05, 3.63) is 0 Å². The highest BCUT2D eigenvalue weighted by molar-refractivity contribution is 5.18. The van der Waals surface area contributed by atoms with Crippen molar-refractivity contribution in [3.8, 4) is 0 Å². The largest absolute Gasteiger partial charge is 0.396 e. The van der Waals surface area contributed by atoms with Crippen molar-refractivity contribution in [3.63, 3.8) is 0 Å². The lowest BCUT2D eigenvalue weighted by Gasteiger charge is -2.37. The smallest absolute Gasteiger partial charge is 0.108 e. The van der Waals surface area contributed by atoms with E-state index in [0.717, 1.165) is 0 Å². The van der Waals surface area contributed by atoms with Gasteiger partial charge >= 0.3 is 0 Å². The maximum atomic E-state index is 9.60. The third-order valence-electron chi connectivity index (χ3n) is 3.59. The molecule has 0 heterocycles. The molecule has 2 saturated carbocycles. The van der Waals surface area contributed by atoms with Crippen LogP contribution in [0.15, 0.2) is 0 Å². The van der Waals surface area contributed by atoms with Crippen molar-refractivity contribution in [2.75, 3.05) is 6.61 Å². The molecule has 2 fully saturated rings. The van der Waals surface area contributed by atoms with Gasteiger partial charge in [0.15, 0.2) is 0 Å². The molecule has 2 aliphatic rings. The lowest BCUT2D eigenvalue weighted by atomic mass is 9.80. The van der Waals surface area contributed by atoms with Crippen molar-refractivity contribution >= 4 is 0 Å². The molecule has 0 radical (unpaired) electrons. The van der Waals surface area contributed by atoms with E-state index >= 15 is 0 Å². The topological polar surface area (TPSA) is 107 Å². The first-order valence-electron chi connectivity index (χ1n) is 4.45. The molecule has 0 spiro atoms. The molecule has 0 unspecified atom stereocenters. The van der Waals surface area contributed by atoms with Crippen LogP contribution in [0.3, 0.4) is 0 Å². The predicted octanol–water partition coefficient (Wildman–Crippen LogP) is -2.59. The molecule has 2 aliphatic carbocycles. The fourth-order valence-electron chi connectivity index (χ4n) is 2.48. The number of hydrogen-bond acceptors (Lipinski definition) is 5. The summed E-state index contributed by atoms with van der Waals surface area (Å²) in [6.45, 7) is -0.184. The standard InChI is InChI=1S/C8H15NO4/c9-4-3-1-8(3,2-10)7(13)6(12)5(4)11/h3-7,10-13H,1-2,9H2/t3-,4-,5-,6+,7+,8+/m0/s1. The first-order chi connectivity index (χ1) is 6.04. The van der Waals surface area contributed by atoms with E-state index in [4.69, 9.17) is 10.8 Å². The maximum absolute atomic E-state index is 9.60. The van der Waals surface area contributed by atoms with E-state index in [2.05, 4.69) is 0 Å². The van der Waals surface area contributed by atoms with Crippen molar-refractivity contribution in [1.29, 1.82) is 0 Å². The Labute approximate surface area is 75.8 Å². The van der Waals surface area contributed by atoms with Crippen LogP contribution >= 0.6 is 0 Å².